The van der Waals surface area contributed by atoms with Crippen LogP contribution >= 0.6 is 15.2 Å². The van der Waals surface area contributed by atoms with E-state index in [-0.39, 0.29) is 0 Å². The summed E-state index contributed by atoms with van der Waals surface area (Å²) in [6.07, 6.45) is 3.57. The van der Waals surface area contributed by atoms with Gasteiger partial charge in [0.25, 0.3) is 15.2 Å². The highest BCUT2D eigenvalue weighted by atomic mass is 32.5. The lowest BCUT2D eigenvalue weighted by atomic mass is 10.3. The molecule has 0 bridgehead atoms. The molecular formula is C18H33NO4P2S. The summed E-state index contributed by atoms with van der Waals surface area (Å²) in [6, 6.07) is 9.95. The minimum Gasteiger partial charge on any atom is -0.317 e. The van der Waals surface area contributed by atoms with Crippen molar-refractivity contribution in [2.24, 2.45) is 0 Å². The summed E-state index contributed by atoms with van der Waals surface area (Å²) >= 11 is 5.96. The molecule has 1 aromatic carbocycles. The van der Waals surface area contributed by atoms with Gasteiger partial charge in [-0.25, -0.2) is 4.44 Å². The fraction of sp³-hybridized carbons (Fsp3) is 0.667. The first-order valence-electron chi connectivity index (χ1n) is 9.43. The Morgan fingerprint density at radius 3 is 1.69 bits per heavy atom. The van der Waals surface area contributed by atoms with Crippen molar-refractivity contribution < 1.29 is 18.1 Å². The lowest BCUT2D eigenvalue weighted by Gasteiger charge is -2.38. The van der Waals surface area contributed by atoms with Crippen LogP contribution in [0.2, 0.25) is 0 Å². The topological polar surface area (TPSA) is 40.2 Å². The molecule has 0 unspecified atom stereocenters. The molecule has 1 rings (SSSR count). The summed E-state index contributed by atoms with van der Waals surface area (Å²) in [7, 11) is -1.40. The molecule has 0 heterocycles. The fourth-order valence-corrected chi connectivity index (χ4v) is 7.36. The molecule has 0 saturated carbocycles. The maximum absolute atomic E-state index is 6.12. The van der Waals surface area contributed by atoms with Gasteiger partial charge in [-0.3, -0.25) is 0 Å². The molecule has 5 nitrogen and oxygen atoms in total. The average molecular weight is 421 g/mol. The minimum atomic E-state index is -2.78. The maximum Gasteiger partial charge on any atom is 0.297 e. The Labute approximate surface area is 165 Å². The molecule has 0 atom stereocenters. The van der Waals surface area contributed by atoms with Crippen LogP contribution in [0.15, 0.2) is 30.3 Å². The van der Waals surface area contributed by atoms with E-state index in [4.69, 9.17) is 29.9 Å². The van der Waals surface area contributed by atoms with Gasteiger partial charge in [0.2, 0.25) is 0 Å². The first kappa shape index (κ1) is 24.0. The Bertz CT molecular complexity index is 501. The third-order valence-electron chi connectivity index (χ3n) is 3.10. The van der Waals surface area contributed by atoms with Crippen LogP contribution < -0.4 is 4.44 Å². The maximum atomic E-state index is 6.12. The Balaban J connectivity index is 3.26. The Kier molecular flexibility index (Phi) is 12.9. The van der Waals surface area contributed by atoms with E-state index in [1.807, 2.05) is 34.8 Å². The highest BCUT2D eigenvalue weighted by molar-refractivity contribution is 8.13. The van der Waals surface area contributed by atoms with Crippen LogP contribution in [-0.4, -0.2) is 26.4 Å². The van der Waals surface area contributed by atoms with E-state index < -0.39 is 15.2 Å². The van der Waals surface area contributed by atoms with Gasteiger partial charge in [0, 0.05) is 0 Å². The molecule has 0 amide bonds. The van der Waals surface area contributed by atoms with Crippen molar-refractivity contribution in [1.82, 2.24) is 0 Å². The zero-order valence-corrected chi connectivity index (χ0v) is 19.0. The molecule has 0 spiro atoms. The van der Waals surface area contributed by atoms with E-state index in [9.17, 15) is 0 Å². The van der Waals surface area contributed by atoms with Gasteiger partial charge in [0.15, 0.2) is 0 Å². The number of hydrogen-bond acceptors (Lipinski definition) is 5. The number of nitrogens with zero attached hydrogens (tertiary/aromatic N) is 1. The minimum absolute atomic E-state index is 0.551. The van der Waals surface area contributed by atoms with Crippen LogP contribution in [0, 0.1) is 0 Å². The Hall–Kier alpha value is -0.0600. The molecule has 0 radical (unpaired) electrons. The predicted octanol–water partition coefficient (Wildman–Crippen LogP) is 6.65. The van der Waals surface area contributed by atoms with Crippen LogP contribution in [0.3, 0.4) is 0 Å². The normalized spacial score (nSPS) is 11.9. The SMILES string of the molecule is CCCOP(OCCC)N(c1ccccc1)P(=S)(OCCC)OCCC. The molecule has 0 aliphatic heterocycles. The molecule has 0 fully saturated rings. The van der Waals surface area contributed by atoms with E-state index in [0.717, 1.165) is 31.4 Å². The van der Waals surface area contributed by atoms with Crippen molar-refractivity contribution in [1.29, 1.82) is 0 Å². The van der Waals surface area contributed by atoms with Crippen molar-refractivity contribution >= 4 is 32.7 Å². The third kappa shape index (κ3) is 7.90. The van der Waals surface area contributed by atoms with Crippen molar-refractivity contribution in [2.75, 3.05) is 30.9 Å². The first-order chi connectivity index (χ1) is 12.6. The van der Waals surface area contributed by atoms with Crippen molar-refractivity contribution in [2.45, 2.75) is 53.4 Å². The lowest BCUT2D eigenvalue weighted by molar-refractivity contribution is 0.234. The van der Waals surface area contributed by atoms with Crippen LogP contribution in [0.5, 0.6) is 0 Å². The zero-order chi connectivity index (χ0) is 19.3. The second-order valence-corrected chi connectivity index (χ2v) is 10.6. The molecule has 0 aromatic heterocycles. The zero-order valence-electron chi connectivity index (χ0n) is 16.4. The second kappa shape index (κ2) is 14.0. The van der Waals surface area contributed by atoms with Crippen LogP contribution in [0.1, 0.15) is 53.4 Å². The third-order valence-corrected chi connectivity index (χ3v) is 8.79. The van der Waals surface area contributed by atoms with Gasteiger partial charge in [-0.2, -0.15) is 0 Å². The summed E-state index contributed by atoms with van der Waals surface area (Å²) in [4.78, 5) is 0. The van der Waals surface area contributed by atoms with E-state index in [0.29, 0.717) is 26.4 Å². The number of rotatable bonds is 15. The molecule has 0 saturated heterocycles. The van der Waals surface area contributed by atoms with E-state index in [1.54, 1.807) is 0 Å². The molecule has 26 heavy (non-hydrogen) atoms. The Morgan fingerprint density at radius 2 is 1.27 bits per heavy atom. The summed E-state index contributed by atoms with van der Waals surface area (Å²) in [5.41, 5.74) is 0.918. The van der Waals surface area contributed by atoms with Gasteiger partial charge < -0.3 is 18.1 Å². The standard InChI is InChI=1S/C18H33NO4P2S/c1-5-14-20-24(21-15-6-2)19(18-12-10-9-11-13-18)25(26,22-16-7-3)23-17-8-4/h9-13H,5-8,14-17H2,1-4H3. The van der Waals surface area contributed by atoms with Crippen molar-refractivity contribution in [3.05, 3.63) is 30.3 Å². The number of hydrogen-bond donors (Lipinski definition) is 0. The molecule has 150 valence electrons. The van der Waals surface area contributed by atoms with Gasteiger partial charge in [0.1, 0.15) is 0 Å². The quantitative estimate of drug-likeness (QED) is 0.295. The average Bonchev–Trinajstić information content (AvgIpc) is 2.67. The molecule has 0 aliphatic rings. The van der Waals surface area contributed by atoms with Gasteiger partial charge >= 0.3 is 0 Å². The molecule has 0 N–H and O–H groups in total. The largest absolute Gasteiger partial charge is 0.317 e. The van der Waals surface area contributed by atoms with E-state index in [2.05, 4.69) is 27.7 Å². The Morgan fingerprint density at radius 1 is 0.808 bits per heavy atom. The molecule has 1 aromatic rings. The number of benzene rings is 1. The lowest BCUT2D eigenvalue weighted by Crippen LogP contribution is -2.21. The summed E-state index contributed by atoms with van der Waals surface area (Å²) in [5, 5.41) is 0. The van der Waals surface area contributed by atoms with Gasteiger partial charge in [-0.15, -0.1) is 0 Å². The summed E-state index contributed by atoms with van der Waals surface area (Å²) in [6.45, 7) is 7.83. The monoisotopic (exact) mass is 421 g/mol. The number of anilines is 1. The van der Waals surface area contributed by atoms with Gasteiger partial charge in [-0.05, 0) is 49.6 Å². The van der Waals surface area contributed by atoms with Crippen molar-refractivity contribution in [3.8, 4) is 0 Å². The molecule has 8 heteroatoms. The van der Waals surface area contributed by atoms with Crippen LogP contribution in [0.25, 0.3) is 0 Å². The molecule has 0 aliphatic carbocycles. The van der Waals surface area contributed by atoms with Gasteiger partial charge in [-0.1, -0.05) is 45.9 Å². The van der Waals surface area contributed by atoms with E-state index >= 15 is 0 Å². The molecular weight excluding hydrogens is 388 g/mol. The summed E-state index contributed by atoms with van der Waals surface area (Å²) in [5.74, 6) is 0. The van der Waals surface area contributed by atoms with Crippen LogP contribution in [0.4, 0.5) is 5.69 Å². The highest BCUT2D eigenvalue weighted by Crippen LogP contribution is 2.66. The fourth-order valence-electron chi connectivity index (χ4n) is 1.93. The highest BCUT2D eigenvalue weighted by Gasteiger charge is 2.37. The first-order valence-corrected chi connectivity index (χ1v) is 13.2. The van der Waals surface area contributed by atoms with Gasteiger partial charge in [0.05, 0.1) is 32.1 Å². The second-order valence-electron chi connectivity index (χ2n) is 5.66. The number of para-hydroxylation sites is 1. The van der Waals surface area contributed by atoms with E-state index in [1.165, 1.54) is 0 Å². The smallest absolute Gasteiger partial charge is 0.297 e. The van der Waals surface area contributed by atoms with Crippen molar-refractivity contribution in [3.63, 3.8) is 0 Å². The summed E-state index contributed by atoms with van der Waals surface area (Å²) < 4.78 is 26.4. The predicted molar refractivity (Wildman–Crippen MR) is 115 cm³/mol. The van der Waals surface area contributed by atoms with Crippen LogP contribution in [-0.2, 0) is 29.9 Å².